The fraction of sp³-hybridized carbons (Fsp3) is 0.111. The minimum atomic E-state index is -0.105. The van der Waals surface area contributed by atoms with E-state index >= 15 is 0 Å². The predicted octanol–water partition coefficient (Wildman–Crippen LogP) is 3.39. The third-order valence-corrected chi connectivity index (χ3v) is 3.57. The van der Waals surface area contributed by atoms with Crippen LogP contribution in [0.5, 0.6) is 0 Å². The molecular weight excluding hydrogens is 288 g/mol. The van der Waals surface area contributed by atoms with Crippen molar-refractivity contribution in [2.75, 3.05) is 11.1 Å². The van der Waals surface area contributed by atoms with Gasteiger partial charge < -0.3 is 11.1 Å². The highest BCUT2D eigenvalue weighted by atomic mass is 16.1. The highest BCUT2D eigenvalue weighted by Gasteiger charge is 2.15. The molecule has 0 fully saturated rings. The number of nitrogens with zero attached hydrogens (tertiary/aromatic N) is 2. The van der Waals surface area contributed by atoms with Crippen molar-refractivity contribution in [3.05, 3.63) is 60.3 Å². The van der Waals surface area contributed by atoms with Crippen molar-refractivity contribution in [2.24, 2.45) is 0 Å². The zero-order valence-electron chi connectivity index (χ0n) is 13.1. The topological polar surface area (TPSA) is 72.9 Å². The van der Waals surface area contributed by atoms with E-state index in [-0.39, 0.29) is 5.91 Å². The molecule has 2 aromatic carbocycles. The smallest absolute Gasteiger partial charge is 0.221 e. The second-order valence-corrected chi connectivity index (χ2v) is 5.35. The lowest BCUT2D eigenvalue weighted by Crippen LogP contribution is -2.05. The maximum absolute atomic E-state index is 11.2. The van der Waals surface area contributed by atoms with Gasteiger partial charge in [-0.25, -0.2) is 4.68 Å². The first-order valence-corrected chi connectivity index (χ1v) is 7.35. The molecule has 0 aliphatic carbocycles. The van der Waals surface area contributed by atoms with Crippen LogP contribution in [0.25, 0.3) is 16.8 Å². The summed E-state index contributed by atoms with van der Waals surface area (Å²) in [4.78, 5) is 11.2. The molecule has 0 aliphatic heterocycles. The summed E-state index contributed by atoms with van der Waals surface area (Å²) in [5.74, 6) is 0.473. The van der Waals surface area contributed by atoms with Crippen molar-refractivity contribution in [3.8, 4) is 16.8 Å². The minimum absolute atomic E-state index is 0.105. The molecule has 1 amide bonds. The van der Waals surface area contributed by atoms with Crippen molar-refractivity contribution < 1.29 is 4.79 Å². The molecule has 0 atom stereocenters. The van der Waals surface area contributed by atoms with Gasteiger partial charge in [0.1, 0.15) is 5.82 Å². The van der Waals surface area contributed by atoms with Crippen LogP contribution in [0.4, 0.5) is 11.5 Å². The first kappa shape index (κ1) is 14.8. The van der Waals surface area contributed by atoms with Gasteiger partial charge in [-0.3, -0.25) is 4.79 Å². The van der Waals surface area contributed by atoms with Crippen LogP contribution in [-0.4, -0.2) is 15.7 Å². The van der Waals surface area contributed by atoms with Gasteiger partial charge in [0, 0.05) is 18.2 Å². The molecule has 5 nitrogen and oxygen atoms in total. The summed E-state index contributed by atoms with van der Waals surface area (Å²) >= 11 is 0. The first-order chi connectivity index (χ1) is 11.1. The highest BCUT2D eigenvalue weighted by Crippen LogP contribution is 2.32. The summed E-state index contributed by atoms with van der Waals surface area (Å²) in [6.45, 7) is 3.41. The van der Waals surface area contributed by atoms with Crippen molar-refractivity contribution >= 4 is 17.4 Å². The van der Waals surface area contributed by atoms with Gasteiger partial charge in [-0.2, -0.15) is 5.10 Å². The van der Waals surface area contributed by atoms with Crippen LogP contribution in [0.15, 0.2) is 54.6 Å². The molecule has 3 rings (SSSR count). The molecule has 0 spiro atoms. The molecule has 5 heteroatoms. The van der Waals surface area contributed by atoms with Crippen LogP contribution in [0, 0.1) is 6.92 Å². The van der Waals surface area contributed by atoms with Crippen LogP contribution < -0.4 is 11.1 Å². The third-order valence-electron chi connectivity index (χ3n) is 3.57. The van der Waals surface area contributed by atoms with E-state index in [0.29, 0.717) is 5.82 Å². The van der Waals surface area contributed by atoms with E-state index in [4.69, 9.17) is 5.73 Å². The number of benzene rings is 2. The molecule has 3 aromatic rings. The van der Waals surface area contributed by atoms with Gasteiger partial charge in [0.05, 0.1) is 11.4 Å². The zero-order chi connectivity index (χ0) is 16.4. The van der Waals surface area contributed by atoms with Crippen LogP contribution in [0.3, 0.4) is 0 Å². The Kier molecular flexibility index (Phi) is 3.85. The molecule has 1 aromatic heterocycles. The number of para-hydroxylation sites is 1. The second kappa shape index (κ2) is 5.96. The average Bonchev–Trinajstić information content (AvgIpc) is 2.82. The van der Waals surface area contributed by atoms with E-state index in [2.05, 4.69) is 10.4 Å². The monoisotopic (exact) mass is 306 g/mol. The molecule has 0 unspecified atom stereocenters. The molecule has 0 saturated heterocycles. The lowest BCUT2D eigenvalue weighted by Gasteiger charge is -2.07. The lowest BCUT2D eigenvalue weighted by molar-refractivity contribution is -0.114. The Hall–Kier alpha value is -3.08. The average molecular weight is 306 g/mol. The van der Waals surface area contributed by atoms with E-state index < -0.39 is 0 Å². The van der Waals surface area contributed by atoms with Gasteiger partial charge >= 0.3 is 0 Å². The molecule has 3 N–H and O–H groups in total. The van der Waals surface area contributed by atoms with Crippen molar-refractivity contribution in [2.45, 2.75) is 13.8 Å². The molecule has 0 aliphatic rings. The van der Waals surface area contributed by atoms with Crippen molar-refractivity contribution in [1.82, 2.24) is 9.78 Å². The summed E-state index contributed by atoms with van der Waals surface area (Å²) in [5, 5.41) is 7.34. The Morgan fingerprint density at radius 1 is 1.13 bits per heavy atom. The zero-order valence-corrected chi connectivity index (χ0v) is 13.1. The summed E-state index contributed by atoms with van der Waals surface area (Å²) < 4.78 is 1.73. The Morgan fingerprint density at radius 2 is 1.87 bits per heavy atom. The van der Waals surface area contributed by atoms with E-state index in [0.717, 1.165) is 28.2 Å². The number of hydrogen-bond acceptors (Lipinski definition) is 3. The van der Waals surface area contributed by atoms with Gasteiger partial charge in [0.15, 0.2) is 0 Å². The van der Waals surface area contributed by atoms with Gasteiger partial charge in [0.2, 0.25) is 5.91 Å². The SMILES string of the molecule is CC(=O)Nc1cccc(-c2c(C)nn(-c3ccccc3)c2N)c1. The fourth-order valence-corrected chi connectivity index (χ4v) is 2.62. The normalized spacial score (nSPS) is 10.5. The molecule has 1 heterocycles. The Morgan fingerprint density at radius 3 is 2.57 bits per heavy atom. The van der Waals surface area contributed by atoms with Crippen LogP contribution >= 0.6 is 0 Å². The molecule has 0 bridgehead atoms. The summed E-state index contributed by atoms with van der Waals surface area (Å²) in [7, 11) is 0. The fourth-order valence-electron chi connectivity index (χ4n) is 2.62. The van der Waals surface area contributed by atoms with Crippen LogP contribution in [-0.2, 0) is 4.79 Å². The second-order valence-electron chi connectivity index (χ2n) is 5.35. The Bertz CT molecular complexity index is 853. The quantitative estimate of drug-likeness (QED) is 0.779. The number of hydrogen-bond donors (Lipinski definition) is 2. The lowest BCUT2D eigenvalue weighted by atomic mass is 10.1. The number of nitrogens with one attached hydrogen (secondary N) is 1. The molecule has 116 valence electrons. The van der Waals surface area contributed by atoms with Crippen molar-refractivity contribution in [3.63, 3.8) is 0 Å². The number of amides is 1. The van der Waals surface area contributed by atoms with Gasteiger partial charge in [-0.05, 0) is 36.8 Å². The van der Waals surface area contributed by atoms with Gasteiger partial charge in [-0.15, -0.1) is 0 Å². The van der Waals surface area contributed by atoms with E-state index in [1.807, 2.05) is 61.5 Å². The molecule has 0 radical (unpaired) electrons. The van der Waals surface area contributed by atoms with Crippen LogP contribution in [0.2, 0.25) is 0 Å². The van der Waals surface area contributed by atoms with E-state index in [1.54, 1.807) is 4.68 Å². The van der Waals surface area contributed by atoms with E-state index in [9.17, 15) is 4.79 Å². The number of aromatic nitrogens is 2. The molecular formula is C18H18N4O. The Balaban J connectivity index is 2.08. The first-order valence-electron chi connectivity index (χ1n) is 7.35. The number of nitrogens with two attached hydrogens (primary N) is 1. The van der Waals surface area contributed by atoms with E-state index in [1.165, 1.54) is 6.92 Å². The van der Waals surface area contributed by atoms with Crippen molar-refractivity contribution in [1.29, 1.82) is 0 Å². The number of carbonyl (C=O) groups excluding carboxylic acids is 1. The summed E-state index contributed by atoms with van der Waals surface area (Å²) in [6.07, 6.45) is 0. The minimum Gasteiger partial charge on any atom is -0.383 e. The summed E-state index contributed by atoms with van der Waals surface area (Å²) in [5.41, 5.74) is 10.6. The number of rotatable bonds is 3. The van der Waals surface area contributed by atoms with Crippen LogP contribution in [0.1, 0.15) is 12.6 Å². The highest BCUT2D eigenvalue weighted by molar-refractivity contribution is 5.90. The maximum Gasteiger partial charge on any atom is 0.221 e. The number of nitrogen functional groups attached to an aromatic ring is 1. The molecule has 23 heavy (non-hydrogen) atoms. The predicted molar refractivity (Wildman–Crippen MR) is 92.5 cm³/mol. The Labute approximate surface area is 134 Å². The van der Waals surface area contributed by atoms with Gasteiger partial charge in [-0.1, -0.05) is 30.3 Å². The number of carbonyl (C=O) groups is 1. The standard InChI is InChI=1S/C18H18N4O/c1-12-17(14-7-6-8-15(11-14)20-13(2)23)18(19)22(21-12)16-9-4-3-5-10-16/h3-11H,19H2,1-2H3,(H,20,23). The van der Waals surface area contributed by atoms with Gasteiger partial charge in [0.25, 0.3) is 0 Å². The number of aryl methyl sites for hydroxylation is 1. The number of anilines is 2. The molecule has 0 saturated carbocycles. The summed E-state index contributed by atoms with van der Waals surface area (Å²) in [6, 6.07) is 17.4. The largest absolute Gasteiger partial charge is 0.383 e. The third kappa shape index (κ3) is 2.94. The maximum atomic E-state index is 11.2.